The molecule has 4 nitrogen and oxygen atoms in total. The number of aryl methyl sites for hydroxylation is 1. The van der Waals surface area contributed by atoms with Gasteiger partial charge in [-0.05, 0) is 47.8 Å². The van der Waals surface area contributed by atoms with Crippen molar-refractivity contribution >= 4 is 21.8 Å². The molecule has 1 saturated carbocycles. The van der Waals surface area contributed by atoms with Crippen LogP contribution >= 0.6 is 15.9 Å². The van der Waals surface area contributed by atoms with E-state index in [0.29, 0.717) is 12.2 Å². The Bertz CT molecular complexity index is 527. The first-order chi connectivity index (χ1) is 9.02. The smallest absolute Gasteiger partial charge is 0.273 e. The van der Waals surface area contributed by atoms with Crippen molar-refractivity contribution < 1.29 is 4.79 Å². The predicted octanol–water partition coefficient (Wildman–Crippen LogP) is 2.11. The maximum atomic E-state index is 12.6. The van der Waals surface area contributed by atoms with Crippen molar-refractivity contribution in [3.63, 3.8) is 0 Å². The number of carbonyl (C=O) groups is 1. The summed E-state index contributed by atoms with van der Waals surface area (Å²) in [5.41, 5.74) is 7.77. The van der Waals surface area contributed by atoms with Crippen molar-refractivity contribution in [2.75, 3.05) is 13.1 Å². The summed E-state index contributed by atoms with van der Waals surface area (Å²) in [4.78, 5) is 18.8. The Morgan fingerprint density at radius 1 is 1.53 bits per heavy atom. The summed E-state index contributed by atoms with van der Waals surface area (Å²) in [5, 5.41) is 0. The minimum Gasteiger partial charge on any atom is -0.335 e. The second kappa shape index (κ2) is 4.56. The molecule has 1 atom stereocenters. The van der Waals surface area contributed by atoms with E-state index in [9.17, 15) is 4.79 Å². The van der Waals surface area contributed by atoms with E-state index < -0.39 is 0 Å². The third-order valence-corrected chi connectivity index (χ3v) is 5.17. The van der Waals surface area contributed by atoms with Gasteiger partial charge in [0.2, 0.25) is 0 Å². The lowest BCUT2D eigenvalue weighted by Gasteiger charge is -2.41. The summed E-state index contributed by atoms with van der Waals surface area (Å²) in [6.07, 6.45) is 3.54. The summed E-state index contributed by atoms with van der Waals surface area (Å²) in [6, 6.07) is 3.89. The molecule has 5 heteroatoms. The van der Waals surface area contributed by atoms with Crippen molar-refractivity contribution in [1.29, 1.82) is 0 Å². The fourth-order valence-electron chi connectivity index (χ4n) is 3.15. The zero-order valence-corrected chi connectivity index (χ0v) is 12.6. The van der Waals surface area contributed by atoms with Gasteiger partial charge in [-0.25, -0.2) is 4.98 Å². The number of nitrogens with two attached hydrogens (primary N) is 1. The highest BCUT2D eigenvalue weighted by Gasteiger charge is 2.50. The number of rotatable bonds is 1. The number of carbonyl (C=O) groups excluding carboxylic acids is 1. The zero-order valence-electron chi connectivity index (χ0n) is 11.0. The highest BCUT2D eigenvalue weighted by atomic mass is 79.9. The third-order valence-electron chi connectivity index (χ3n) is 4.53. The molecule has 0 radical (unpaired) electrons. The van der Waals surface area contributed by atoms with Gasteiger partial charge in [0.1, 0.15) is 5.69 Å². The lowest BCUT2D eigenvalue weighted by Crippen LogP contribution is -2.45. The Morgan fingerprint density at radius 3 is 2.84 bits per heavy atom. The number of pyridine rings is 1. The molecule has 3 rings (SSSR count). The largest absolute Gasteiger partial charge is 0.335 e. The second-order valence-corrected chi connectivity index (χ2v) is 6.65. The molecular formula is C14H18BrN3O. The van der Waals surface area contributed by atoms with Crippen LogP contribution in [0, 0.1) is 12.3 Å². The van der Waals surface area contributed by atoms with E-state index >= 15 is 0 Å². The molecule has 1 unspecified atom stereocenters. The highest BCUT2D eigenvalue weighted by molar-refractivity contribution is 9.10. The number of nitrogens with zero attached hydrogens (tertiary/aromatic N) is 2. The molecule has 1 saturated heterocycles. The fraction of sp³-hybridized carbons (Fsp3) is 0.571. The standard InChI is InChI=1S/C14H18BrN3O/c1-9-3-4-10(15)12(17-9)13(19)18-7-11(16)14(8-18)5-2-6-14/h3-4,11H,2,5-8,16H2,1H3. The monoisotopic (exact) mass is 323 g/mol. The molecule has 0 bridgehead atoms. The predicted molar refractivity (Wildman–Crippen MR) is 76.8 cm³/mol. The van der Waals surface area contributed by atoms with E-state index in [1.165, 1.54) is 6.42 Å². The molecule has 2 fully saturated rings. The Balaban J connectivity index is 1.83. The summed E-state index contributed by atoms with van der Waals surface area (Å²) >= 11 is 3.41. The van der Waals surface area contributed by atoms with E-state index in [2.05, 4.69) is 20.9 Å². The molecule has 1 aliphatic carbocycles. The van der Waals surface area contributed by atoms with Crippen molar-refractivity contribution in [1.82, 2.24) is 9.88 Å². The highest BCUT2D eigenvalue weighted by Crippen LogP contribution is 2.47. The van der Waals surface area contributed by atoms with Crippen molar-refractivity contribution in [3.05, 3.63) is 28.0 Å². The van der Waals surface area contributed by atoms with Gasteiger partial charge in [-0.1, -0.05) is 6.42 Å². The van der Waals surface area contributed by atoms with Gasteiger partial charge in [0.25, 0.3) is 5.91 Å². The number of hydrogen-bond acceptors (Lipinski definition) is 3. The quantitative estimate of drug-likeness (QED) is 0.861. The fourth-order valence-corrected chi connectivity index (χ4v) is 3.54. The van der Waals surface area contributed by atoms with Crippen LogP contribution in [0.1, 0.15) is 35.4 Å². The van der Waals surface area contributed by atoms with E-state index in [4.69, 9.17) is 5.73 Å². The summed E-state index contributed by atoms with van der Waals surface area (Å²) in [7, 11) is 0. The van der Waals surface area contributed by atoms with Crippen LogP contribution in [0.5, 0.6) is 0 Å². The summed E-state index contributed by atoms with van der Waals surface area (Å²) < 4.78 is 0.756. The molecule has 102 valence electrons. The van der Waals surface area contributed by atoms with Gasteiger partial charge in [-0.15, -0.1) is 0 Å². The number of amides is 1. The Kier molecular flexibility index (Phi) is 3.14. The first kappa shape index (κ1) is 13.1. The average molecular weight is 324 g/mol. The number of likely N-dealkylation sites (tertiary alicyclic amines) is 1. The van der Waals surface area contributed by atoms with Gasteiger partial charge in [-0.3, -0.25) is 4.79 Å². The number of hydrogen-bond donors (Lipinski definition) is 1. The van der Waals surface area contributed by atoms with Gasteiger partial charge < -0.3 is 10.6 Å². The van der Waals surface area contributed by atoms with Crippen LogP contribution in [0.2, 0.25) is 0 Å². The molecule has 1 aliphatic heterocycles. The molecular weight excluding hydrogens is 306 g/mol. The second-order valence-electron chi connectivity index (χ2n) is 5.79. The van der Waals surface area contributed by atoms with Gasteiger partial charge in [0.15, 0.2) is 0 Å². The van der Waals surface area contributed by atoms with Crippen LogP contribution in [0.4, 0.5) is 0 Å². The molecule has 2 N–H and O–H groups in total. The lowest BCUT2D eigenvalue weighted by molar-refractivity contribution is 0.0720. The maximum absolute atomic E-state index is 12.6. The van der Waals surface area contributed by atoms with Crippen LogP contribution in [-0.4, -0.2) is 34.9 Å². The molecule has 1 aromatic rings. The van der Waals surface area contributed by atoms with Crippen LogP contribution in [0.3, 0.4) is 0 Å². The number of aromatic nitrogens is 1. The summed E-state index contributed by atoms with van der Waals surface area (Å²) in [6.45, 7) is 3.34. The Hall–Kier alpha value is -0.940. The van der Waals surface area contributed by atoms with Gasteiger partial charge in [0.05, 0.1) is 0 Å². The maximum Gasteiger partial charge on any atom is 0.273 e. The van der Waals surface area contributed by atoms with Crippen LogP contribution < -0.4 is 5.73 Å². The van der Waals surface area contributed by atoms with Crippen molar-refractivity contribution in [2.45, 2.75) is 32.2 Å². The van der Waals surface area contributed by atoms with Gasteiger partial charge in [0, 0.05) is 34.7 Å². The molecule has 1 amide bonds. The van der Waals surface area contributed by atoms with Crippen molar-refractivity contribution in [2.24, 2.45) is 11.1 Å². The van der Waals surface area contributed by atoms with E-state index in [1.54, 1.807) is 0 Å². The molecule has 1 spiro atoms. The first-order valence-corrected chi connectivity index (χ1v) is 7.49. The minimum absolute atomic E-state index is 0.00481. The van der Waals surface area contributed by atoms with Crippen LogP contribution in [0.15, 0.2) is 16.6 Å². The lowest BCUT2D eigenvalue weighted by atomic mass is 9.66. The molecule has 0 aromatic carbocycles. The third kappa shape index (κ3) is 2.09. The summed E-state index contributed by atoms with van der Waals surface area (Å²) in [5.74, 6) is -0.00481. The van der Waals surface area contributed by atoms with E-state index in [1.807, 2.05) is 24.0 Å². The number of halogens is 1. The first-order valence-electron chi connectivity index (χ1n) is 6.70. The van der Waals surface area contributed by atoms with Crippen LogP contribution in [-0.2, 0) is 0 Å². The van der Waals surface area contributed by atoms with Crippen LogP contribution in [0.25, 0.3) is 0 Å². The Labute approximate surface area is 121 Å². The average Bonchev–Trinajstić information content (AvgIpc) is 2.69. The SMILES string of the molecule is Cc1ccc(Br)c(C(=O)N2CC(N)C3(CCC3)C2)n1. The van der Waals surface area contributed by atoms with Crippen molar-refractivity contribution in [3.8, 4) is 0 Å². The topological polar surface area (TPSA) is 59.2 Å². The van der Waals surface area contributed by atoms with Gasteiger partial charge in [-0.2, -0.15) is 0 Å². The Morgan fingerprint density at radius 2 is 2.26 bits per heavy atom. The van der Waals surface area contributed by atoms with Gasteiger partial charge >= 0.3 is 0 Å². The molecule has 2 aliphatic rings. The molecule has 19 heavy (non-hydrogen) atoms. The molecule has 2 heterocycles. The van der Waals surface area contributed by atoms with E-state index in [-0.39, 0.29) is 17.4 Å². The zero-order chi connectivity index (χ0) is 13.6. The minimum atomic E-state index is -0.00481. The normalized spacial score (nSPS) is 24.6. The van der Waals surface area contributed by atoms with E-state index in [0.717, 1.165) is 29.6 Å². The molecule has 1 aromatic heterocycles.